The number of hydrogen-bond donors (Lipinski definition) is 2. The van der Waals surface area contributed by atoms with Crippen molar-refractivity contribution >= 4 is 27.5 Å². The van der Waals surface area contributed by atoms with E-state index in [0.29, 0.717) is 6.42 Å². The molecule has 1 unspecified atom stereocenters. The van der Waals surface area contributed by atoms with Gasteiger partial charge in [0.15, 0.2) is 0 Å². The van der Waals surface area contributed by atoms with Crippen LogP contribution in [0.3, 0.4) is 0 Å². The van der Waals surface area contributed by atoms with Crippen LogP contribution in [0.1, 0.15) is 22.8 Å². The van der Waals surface area contributed by atoms with Gasteiger partial charge in [0.25, 0.3) is 5.91 Å². The van der Waals surface area contributed by atoms with Crippen LogP contribution in [0.15, 0.2) is 46.9 Å². The molecule has 0 saturated heterocycles. The number of carbonyl (C=O) groups excluding carboxylic acids is 1. The Morgan fingerprint density at radius 1 is 1.29 bits per heavy atom. The standard InChI is InChI=1S/C16H16BrFN2O/c1-10(8-11-2-5-13(17)6-3-11)20-16(21)12-4-7-15(19)14(18)9-12/h2-7,9-10H,8,19H2,1H3,(H,20,21). The number of hydrogen-bond acceptors (Lipinski definition) is 2. The lowest BCUT2D eigenvalue weighted by molar-refractivity contribution is 0.0939. The number of amides is 1. The van der Waals surface area contributed by atoms with Gasteiger partial charge in [0.2, 0.25) is 0 Å². The lowest BCUT2D eigenvalue weighted by atomic mass is 10.1. The van der Waals surface area contributed by atoms with Crippen molar-refractivity contribution in [1.82, 2.24) is 5.32 Å². The van der Waals surface area contributed by atoms with E-state index in [-0.39, 0.29) is 23.2 Å². The molecule has 0 aliphatic heterocycles. The number of nitrogen functional groups attached to an aromatic ring is 1. The molecule has 1 amide bonds. The first-order valence-corrected chi connectivity index (χ1v) is 7.35. The van der Waals surface area contributed by atoms with Gasteiger partial charge in [-0.25, -0.2) is 4.39 Å². The van der Waals surface area contributed by atoms with E-state index in [1.54, 1.807) is 0 Å². The first-order chi connectivity index (χ1) is 9.95. The Labute approximate surface area is 131 Å². The fourth-order valence-electron chi connectivity index (χ4n) is 2.00. The van der Waals surface area contributed by atoms with Crippen LogP contribution in [0.2, 0.25) is 0 Å². The molecule has 3 N–H and O–H groups in total. The molecule has 1 atom stereocenters. The van der Waals surface area contributed by atoms with Crippen LogP contribution in [0.5, 0.6) is 0 Å². The summed E-state index contributed by atoms with van der Waals surface area (Å²) in [6.07, 6.45) is 0.705. The lowest BCUT2D eigenvalue weighted by Crippen LogP contribution is -2.34. The van der Waals surface area contributed by atoms with Crippen molar-refractivity contribution in [2.24, 2.45) is 0 Å². The van der Waals surface area contributed by atoms with E-state index in [1.165, 1.54) is 12.1 Å². The predicted octanol–water partition coefficient (Wildman–Crippen LogP) is 3.53. The van der Waals surface area contributed by atoms with E-state index in [2.05, 4.69) is 21.2 Å². The summed E-state index contributed by atoms with van der Waals surface area (Å²) in [6, 6.07) is 11.9. The molecule has 21 heavy (non-hydrogen) atoms. The van der Waals surface area contributed by atoms with Gasteiger partial charge in [-0.15, -0.1) is 0 Å². The van der Waals surface area contributed by atoms with Crippen molar-refractivity contribution in [3.8, 4) is 0 Å². The zero-order chi connectivity index (χ0) is 15.4. The highest BCUT2D eigenvalue weighted by molar-refractivity contribution is 9.10. The summed E-state index contributed by atoms with van der Waals surface area (Å²) in [5.41, 5.74) is 6.82. The van der Waals surface area contributed by atoms with Crippen LogP contribution in [0, 0.1) is 5.82 Å². The minimum atomic E-state index is -0.580. The van der Waals surface area contributed by atoms with Crippen molar-refractivity contribution in [3.63, 3.8) is 0 Å². The average molecular weight is 351 g/mol. The minimum Gasteiger partial charge on any atom is -0.396 e. The molecule has 0 saturated carbocycles. The van der Waals surface area contributed by atoms with Crippen LogP contribution in [-0.4, -0.2) is 11.9 Å². The molecular weight excluding hydrogens is 335 g/mol. The SMILES string of the molecule is CC(Cc1ccc(Br)cc1)NC(=O)c1ccc(N)c(F)c1. The summed E-state index contributed by atoms with van der Waals surface area (Å²) in [4.78, 5) is 12.0. The van der Waals surface area contributed by atoms with Gasteiger partial charge in [0, 0.05) is 16.1 Å². The number of rotatable bonds is 4. The summed E-state index contributed by atoms with van der Waals surface area (Å²) in [5.74, 6) is -0.887. The van der Waals surface area contributed by atoms with Crippen molar-refractivity contribution in [2.45, 2.75) is 19.4 Å². The molecule has 0 spiro atoms. The van der Waals surface area contributed by atoms with E-state index in [1.807, 2.05) is 31.2 Å². The molecule has 5 heteroatoms. The Bertz CT molecular complexity index is 643. The molecule has 0 fully saturated rings. The van der Waals surface area contributed by atoms with Gasteiger partial charge < -0.3 is 11.1 Å². The number of nitrogens with one attached hydrogen (secondary N) is 1. The van der Waals surface area contributed by atoms with Crippen LogP contribution >= 0.6 is 15.9 Å². The maximum Gasteiger partial charge on any atom is 0.251 e. The molecule has 0 heterocycles. The maximum absolute atomic E-state index is 13.4. The Morgan fingerprint density at radius 3 is 2.57 bits per heavy atom. The molecule has 0 bridgehead atoms. The highest BCUT2D eigenvalue weighted by atomic mass is 79.9. The van der Waals surface area contributed by atoms with Gasteiger partial charge in [-0.05, 0) is 49.2 Å². The second kappa shape index (κ2) is 6.72. The molecule has 2 aromatic carbocycles. The summed E-state index contributed by atoms with van der Waals surface area (Å²) in [5, 5.41) is 2.85. The van der Waals surface area contributed by atoms with Gasteiger partial charge in [0.05, 0.1) is 5.69 Å². The highest BCUT2D eigenvalue weighted by Crippen LogP contribution is 2.14. The van der Waals surface area contributed by atoms with Crippen LogP contribution < -0.4 is 11.1 Å². The van der Waals surface area contributed by atoms with E-state index in [9.17, 15) is 9.18 Å². The Balaban J connectivity index is 1.98. The van der Waals surface area contributed by atoms with Crippen LogP contribution in [0.4, 0.5) is 10.1 Å². The van der Waals surface area contributed by atoms with E-state index in [4.69, 9.17) is 5.73 Å². The van der Waals surface area contributed by atoms with Crippen LogP contribution in [0.25, 0.3) is 0 Å². The second-order valence-corrected chi connectivity index (χ2v) is 5.86. The topological polar surface area (TPSA) is 55.1 Å². The molecule has 0 aromatic heterocycles. The number of carbonyl (C=O) groups is 1. The molecule has 2 rings (SSSR count). The van der Waals surface area contributed by atoms with Crippen LogP contribution in [-0.2, 0) is 6.42 Å². The van der Waals surface area contributed by atoms with Crippen molar-refractivity contribution in [2.75, 3.05) is 5.73 Å². The third kappa shape index (κ3) is 4.29. The number of anilines is 1. The van der Waals surface area contributed by atoms with Gasteiger partial charge in [-0.2, -0.15) is 0 Å². The smallest absolute Gasteiger partial charge is 0.251 e. The monoisotopic (exact) mass is 350 g/mol. The summed E-state index contributed by atoms with van der Waals surface area (Å²) < 4.78 is 14.4. The molecular formula is C16H16BrFN2O. The zero-order valence-corrected chi connectivity index (χ0v) is 13.2. The first kappa shape index (κ1) is 15.5. The van der Waals surface area contributed by atoms with E-state index in [0.717, 1.165) is 16.1 Å². The third-order valence-electron chi connectivity index (χ3n) is 3.10. The molecule has 0 radical (unpaired) electrons. The quantitative estimate of drug-likeness (QED) is 0.828. The van der Waals surface area contributed by atoms with Gasteiger partial charge in [-0.3, -0.25) is 4.79 Å². The minimum absolute atomic E-state index is 0.0365. The van der Waals surface area contributed by atoms with E-state index >= 15 is 0 Å². The van der Waals surface area contributed by atoms with Gasteiger partial charge in [-0.1, -0.05) is 28.1 Å². The Hall–Kier alpha value is -1.88. The largest absolute Gasteiger partial charge is 0.396 e. The number of benzene rings is 2. The summed E-state index contributed by atoms with van der Waals surface area (Å²) >= 11 is 3.38. The van der Waals surface area contributed by atoms with E-state index < -0.39 is 5.82 Å². The summed E-state index contributed by atoms with van der Waals surface area (Å²) in [6.45, 7) is 1.91. The number of halogens is 2. The molecule has 0 aliphatic rings. The van der Waals surface area contributed by atoms with Crippen molar-refractivity contribution < 1.29 is 9.18 Å². The predicted molar refractivity (Wildman–Crippen MR) is 85.6 cm³/mol. The molecule has 2 aromatic rings. The van der Waals surface area contributed by atoms with Gasteiger partial charge in [0.1, 0.15) is 5.82 Å². The zero-order valence-electron chi connectivity index (χ0n) is 11.6. The average Bonchev–Trinajstić information content (AvgIpc) is 2.44. The van der Waals surface area contributed by atoms with Gasteiger partial charge >= 0.3 is 0 Å². The second-order valence-electron chi connectivity index (χ2n) is 4.94. The lowest BCUT2D eigenvalue weighted by Gasteiger charge is -2.14. The first-order valence-electron chi connectivity index (χ1n) is 6.56. The maximum atomic E-state index is 13.4. The number of nitrogens with two attached hydrogens (primary N) is 1. The Kier molecular flexibility index (Phi) is 4.96. The Morgan fingerprint density at radius 2 is 1.95 bits per heavy atom. The summed E-state index contributed by atoms with van der Waals surface area (Å²) in [7, 11) is 0. The third-order valence-corrected chi connectivity index (χ3v) is 3.62. The fourth-order valence-corrected chi connectivity index (χ4v) is 2.26. The van der Waals surface area contributed by atoms with Crippen molar-refractivity contribution in [1.29, 1.82) is 0 Å². The fraction of sp³-hybridized carbons (Fsp3) is 0.188. The molecule has 0 aliphatic carbocycles. The van der Waals surface area contributed by atoms with Crippen molar-refractivity contribution in [3.05, 3.63) is 63.9 Å². The molecule has 110 valence electrons. The highest BCUT2D eigenvalue weighted by Gasteiger charge is 2.12. The normalized spacial score (nSPS) is 12.0. The molecule has 3 nitrogen and oxygen atoms in total.